The van der Waals surface area contributed by atoms with Crippen molar-refractivity contribution in [3.05, 3.63) is 0 Å². The number of hydrogen-bond donors (Lipinski definition) is 0. The zero-order valence-electron chi connectivity index (χ0n) is 10.8. The van der Waals surface area contributed by atoms with Gasteiger partial charge in [-0.3, -0.25) is 9.59 Å². The molecule has 2 rings (SSSR count). The van der Waals surface area contributed by atoms with E-state index in [0.717, 1.165) is 25.7 Å². The van der Waals surface area contributed by atoms with Gasteiger partial charge >= 0.3 is 11.9 Å². The second-order valence-electron chi connectivity index (χ2n) is 4.97. The van der Waals surface area contributed by atoms with Crippen LogP contribution in [0, 0.1) is 0 Å². The minimum absolute atomic E-state index is 0.103. The highest BCUT2D eigenvalue weighted by Crippen LogP contribution is 2.43. The number of hydrogen-bond acceptors (Lipinski definition) is 5. The van der Waals surface area contributed by atoms with Crippen molar-refractivity contribution in [1.29, 1.82) is 0 Å². The first kappa shape index (κ1) is 13.3. The van der Waals surface area contributed by atoms with E-state index in [9.17, 15) is 9.59 Å². The van der Waals surface area contributed by atoms with E-state index in [1.807, 2.05) is 6.92 Å². The highest BCUT2D eigenvalue weighted by molar-refractivity contribution is 5.70. The topological polar surface area (TPSA) is 65.1 Å². The molecule has 18 heavy (non-hydrogen) atoms. The molecule has 1 spiro atoms. The molecule has 2 heterocycles. The summed E-state index contributed by atoms with van der Waals surface area (Å²) in [5.74, 6) is -0.339. The van der Waals surface area contributed by atoms with E-state index >= 15 is 0 Å². The molecule has 2 aliphatic heterocycles. The van der Waals surface area contributed by atoms with Gasteiger partial charge in [0.2, 0.25) is 0 Å². The maximum Gasteiger partial charge on any atom is 0.305 e. The second-order valence-corrected chi connectivity index (χ2v) is 4.97. The van der Waals surface area contributed by atoms with Crippen LogP contribution in [0.25, 0.3) is 0 Å². The van der Waals surface area contributed by atoms with E-state index in [1.165, 1.54) is 0 Å². The van der Waals surface area contributed by atoms with Gasteiger partial charge in [-0.1, -0.05) is 13.3 Å². The number of ether oxygens (including phenoxy) is 3. The van der Waals surface area contributed by atoms with E-state index in [0.29, 0.717) is 19.4 Å². The molecular formula is C13H20O5. The summed E-state index contributed by atoms with van der Waals surface area (Å²) in [6.07, 6.45) is 4.23. The van der Waals surface area contributed by atoms with Crippen molar-refractivity contribution in [2.24, 2.45) is 0 Å². The zero-order chi connectivity index (χ0) is 13.0. The van der Waals surface area contributed by atoms with Gasteiger partial charge in [-0.2, -0.15) is 0 Å². The van der Waals surface area contributed by atoms with Crippen molar-refractivity contribution >= 4 is 11.9 Å². The first-order chi connectivity index (χ1) is 8.66. The highest BCUT2D eigenvalue weighted by Gasteiger charge is 2.58. The van der Waals surface area contributed by atoms with Crippen LogP contribution < -0.4 is 0 Å². The Bertz CT molecular complexity index is 327. The smallest absolute Gasteiger partial charge is 0.305 e. The van der Waals surface area contributed by atoms with E-state index in [1.54, 1.807) is 0 Å². The highest BCUT2D eigenvalue weighted by atomic mass is 16.7. The van der Waals surface area contributed by atoms with Crippen molar-refractivity contribution < 1.29 is 23.8 Å². The summed E-state index contributed by atoms with van der Waals surface area (Å²) in [6, 6.07) is 0. The standard InChI is InChI=1S/C13H20O5/c1-2-3-5-11(14)16-8-10-13(18-10)7-4-6-12(15)17-9-13/h10H,2-9H2,1H3. The summed E-state index contributed by atoms with van der Waals surface area (Å²) in [7, 11) is 0. The minimum Gasteiger partial charge on any atom is -0.463 e. The molecule has 5 nitrogen and oxygen atoms in total. The Morgan fingerprint density at radius 2 is 2.39 bits per heavy atom. The summed E-state index contributed by atoms with van der Waals surface area (Å²) in [4.78, 5) is 22.5. The summed E-state index contributed by atoms with van der Waals surface area (Å²) in [5, 5.41) is 0. The quantitative estimate of drug-likeness (QED) is 0.552. The molecule has 0 radical (unpaired) electrons. The molecule has 0 aromatic carbocycles. The maximum atomic E-state index is 11.4. The fraction of sp³-hybridized carbons (Fsp3) is 0.846. The summed E-state index contributed by atoms with van der Waals surface area (Å²) >= 11 is 0. The summed E-state index contributed by atoms with van der Waals surface area (Å²) < 4.78 is 15.8. The molecule has 5 heteroatoms. The Kier molecular flexibility index (Phi) is 4.22. The van der Waals surface area contributed by atoms with Crippen LogP contribution in [0.2, 0.25) is 0 Å². The molecule has 0 saturated carbocycles. The number of carbonyl (C=O) groups excluding carboxylic acids is 2. The van der Waals surface area contributed by atoms with Crippen LogP contribution in [0.15, 0.2) is 0 Å². The van der Waals surface area contributed by atoms with E-state index in [-0.39, 0.29) is 30.3 Å². The van der Waals surface area contributed by atoms with Gasteiger partial charge in [0.05, 0.1) is 0 Å². The van der Waals surface area contributed by atoms with Gasteiger partial charge < -0.3 is 14.2 Å². The number of cyclic esters (lactones) is 1. The SMILES string of the molecule is CCCCC(=O)OCC1OC12CCCC(=O)OC2. The van der Waals surface area contributed by atoms with Crippen LogP contribution >= 0.6 is 0 Å². The average molecular weight is 256 g/mol. The van der Waals surface area contributed by atoms with Crippen LogP contribution in [0.3, 0.4) is 0 Å². The normalized spacial score (nSPS) is 30.7. The van der Waals surface area contributed by atoms with Gasteiger partial charge in [-0.15, -0.1) is 0 Å². The molecular weight excluding hydrogens is 236 g/mol. The van der Waals surface area contributed by atoms with Crippen molar-refractivity contribution in [2.45, 2.75) is 57.2 Å². The molecule has 0 aromatic heterocycles. The summed E-state index contributed by atoms with van der Waals surface area (Å²) in [6.45, 7) is 2.61. The predicted molar refractivity (Wildman–Crippen MR) is 62.9 cm³/mol. The third kappa shape index (κ3) is 3.22. The van der Waals surface area contributed by atoms with Crippen molar-refractivity contribution in [1.82, 2.24) is 0 Å². The van der Waals surface area contributed by atoms with Gasteiger partial charge in [-0.05, 0) is 19.3 Å². The van der Waals surface area contributed by atoms with Crippen LogP contribution in [0.5, 0.6) is 0 Å². The second kappa shape index (κ2) is 5.69. The van der Waals surface area contributed by atoms with Crippen LogP contribution in [-0.4, -0.2) is 36.9 Å². The van der Waals surface area contributed by atoms with Gasteiger partial charge in [0.1, 0.15) is 24.9 Å². The lowest BCUT2D eigenvalue weighted by Gasteiger charge is -2.08. The number of rotatable bonds is 5. The Morgan fingerprint density at radius 3 is 3.17 bits per heavy atom. The number of carbonyl (C=O) groups is 2. The molecule has 0 aromatic rings. The van der Waals surface area contributed by atoms with Gasteiger partial charge in [-0.25, -0.2) is 0 Å². The molecule has 2 aliphatic rings. The van der Waals surface area contributed by atoms with Crippen LogP contribution in [0.4, 0.5) is 0 Å². The molecule has 0 N–H and O–H groups in total. The Balaban J connectivity index is 1.70. The largest absolute Gasteiger partial charge is 0.463 e. The van der Waals surface area contributed by atoms with Crippen LogP contribution in [-0.2, 0) is 23.8 Å². The Hall–Kier alpha value is -1.10. The van der Waals surface area contributed by atoms with E-state index < -0.39 is 0 Å². The van der Waals surface area contributed by atoms with Crippen molar-refractivity contribution in [3.8, 4) is 0 Å². The van der Waals surface area contributed by atoms with Gasteiger partial charge in [0.25, 0.3) is 0 Å². The molecule has 0 bridgehead atoms. The number of epoxide rings is 1. The van der Waals surface area contributed by atoms with Crippen molar-refractivity contribution in [2.75, 3.05) is 13.2 Å². The minimum atomic E-state index is -0.378. The lowest BCUT2D eigenvalue weighted by Crippen LogP contribution is -2.24. The molecule has 0 aliphatic carbocycles. The Labute approximate surface area is 107 Å². The third-order valence-corrected chi connectivity index (χ3v) is 3.50. The molecule has 102 valence electrons. The first-order valence-corrected chi connectivity index (χ1v) is 6.65. The van der Waals surface area contributed by atoms with Crippen LogP contribution in [0.1, 0.15) is 45.4 Å². The molecule has 2 fully saturated rings. The average Bonchev–Trinajstić information content (AvgIpc) is 3.08. The fourth-order valence-corrected chi connectivity index (χ4v) is 2.22. The number of unbranched alkanes of at least 4 members (excludes halogenated alkanes) is 1. The summed E-state index contributed by atoms with van der Waals surface area (Å²) in [5.41, 5.74) is -0.378. The lowest BCUT2D eigenvalue weighted by atomic mass is 10.0. The molecule has 0 amide bonds. The Morgan fingerprint density at radius 1 is 1.56 bits per heavy atom. The predicted octanol–water partition coefficient (Wildman–Crippen LogP) is 1.58. The molecule has 2 atom stereocenters. The molecule has 2 unspecified atom stereocenters. The fourth-order valence-electron chi connectivity index (χ4n) is 2.22. The van der Waals surface area contributed by atoms with E-state index in [4.69, 9.17) is 14.2 Å². The lowest BCUT2D eigenvalue weighted by molar-refractivity contribution is -0.145. The van der Waals surface area contributed by atoms with E-state index in [2.05, 4.69) is 0 Å². The first-order valence-electron chi connectivity index (χ1n) is 6.65. The number of esters is 2. The third-order valence-electron chi connectivity index (χ3n) is 3.50. The van der Waals surface area contributed by atoms with Crippen molar-refractivity contribution in [3.63, 3.8) is 0 Å². The van der Waals surface area contributed by atoms with Gasteiger partial charge in [0, 0.05) is 12.8 Å². The maximum absolute atomic E-state index is 11.4. The monoisotopic (exact) mass is 256 g/mol. The molecule has 2 saturated heterocycles. The zero-order valence-corrected chi connectivity index (χ0v) is 10.8. The van der Waals surface area contributed by atoms with Gasteiger partial charge in [0.15, 0.2) is 0 Å².